The fourth-order valence-electron chi connectivity index (χ4n) is 0.390. The molecule has 0 heterocycles. The molecule has 0 saturated heterocycles. The van der Waals surface area contributed by atoms with E-state index in [9.17, 15) is 28.6 Å². The van der Waals surface area contributed by atoms with E-state index in [1.807, 2.05) is 0 Å². The van der Waals surface area contributed by atoms with Crippen LogP contribution in [0.15, 0.2) is 0 Å². The molecule has 0 bridgehead atoms. The van der Waals surface area contributed by atoms with Crippen molar-refractivity contribution in [1.29, 1.82) is 0 Å². The van der Waals surface area contributed by atoms with E-state index in [1.165, 1.54) is 0 Å². The summed E-state index contributed by atoms with van der Waals surface area (Å²) in [5, 5.41) is 19.5. The normalized spacial score (nSPS) is 11.5. The van der Waals surface area contributed by atoms with Crippen molar-refractivity contribution in [3.05, 3.63) is 20.2 Å². The van der Waals surface area contributed by atoms with Gasteiger partial charge in [0.15, 0.2) is 0 Å². The minimum absolute atomic E-state index is 0.434. The summed E-state index contributed by atoms with van der Waals surface area (Å²) in [5.41, 5.74) is -2.75. The maximum absolute atomic E-state index is 10.3. The molecule has 0 aromatic heterocycles. The summed E-state index contributed by atoms with van der Waals surface area (Å²) in [7, 11) is -4.26. The molecule has 0 aromatic carbocycles. The third kappa shape index (κ3) is 2.45. The van der Waals surface area contributed by atoms with Gasteiger partial charge in [-0.25, -0.2) is 8.42 Å². The first-order chi connectivity index (χ1) is 4.76. The quantitative estimate of drug-likeness (QED) is 0.310. The first-order valence-corrected chi connectivity index (χ1v) is 4.18. The van der Waals surface area contributed by atoms with Gasteiger partial charge in [0.25, 0.3) is 9.84 Å². The summed E-state index contributed by atoms with van der Waals surface area (Å²) in [6.45, 7) is 0. The zero-order chi connectivity index (χ0) is 9.23. The van der Waals surface area contributed by atoms with Crippen molar-refractivity contribution in [2.24, 2.45) is 0 Å². The van der Waals surface area contributed by atoms with E-state index < -0.39 is 25.2 Å². The molecule has 0 atom stereocenters. The Hall–Kier alpha value is -1.25. The van der Waals surface area contributed by atoms with Gasteiger partial charge in [-0.15, -0.1) is 0 Å². The van der Waals surface area contributed by atoms with Gasteiger partial charge in [-0.1, -0.05) is 0 Å². The topological polar surface area (TPSA) is 120 Å². The lowest BCUT2D eigenvalue weighted by Crippen LogP contribution is -2.36. The largest absolute Gasteiger partial charge is 0.548 e. The fourth-order valence-corrected chi connectivity index (χ4v) is 1.02. The Morgan fingerprint density at radius 3 is 1.45 bits per heavy atom. The summed E-state index contributed by atoms with van der Waals surface area (Å²) in [5.74, 6) is 0. The van der Waals surface area contributed by atoms with Crippen LogP contribution < -0.4 is 0 Å². The van der Waals surface area contributed by atoms with E-state index in [2.05, 4.69) is 0 Å². The van der Waals surface area contributed by atoms with Gasteiger partial charge in [-0.05, 0) is 0 Å². The second-order valence-corrected chi connectivity index (χ2v) is 3.81. The van der Waals surface area contributed by atoms with Crippen LogP contribution in [0.2, 0.25) is 0 Å². The van der Waals surface area contributed by atoms with E-state index in [0.717, 1.165) is 0 Å². The van der Waals surface area contributed by atoms with Crippen LogP contribution in [0.25, 0.3) is 0 Å². The molecule has 9 heteroatoms. The van der Waals surface area contributed by atoms with Gasteiger partial charge in [0.05, 0.1) is 6.26 Å². The average molecular weight is 184 g/mol. The summed E-state index contributed by atoms with van der Waals surface area (Å²) in [6, 6.07) is 0. The maximum Gasteiger partial charge on any atom is 0.548 e. The molecule has 0 aliphatic rings. The van der Waals surface area contributed by atoms with Gasteiger partial charge in [-0.3, -0.25) is 20.2 Å². The molecule has 0 aliphatic heterocycles. The molecule has 0 amide bonds. The lowest BCUT2D eigenvalue weighted by atomic mass is 11.2. The van der Waals surface area contributed by atoms with Gasteiger partial charge in [0, 0.05) is 0 Å². The van der Waals surface area contributed by atoms with E-state index in [-0.39, 0.29) is 0 Å². The second kappa shape index (κ2) is 2.78. The number of hydrogen-bond donors (Lipinski definition) is 0. The molecule has 0 aromatic rings. The van der Waals surface area contributed by atoms with E-state index >= 15 is 0 Å². The number of sulfone groups is 1. The van der Waals surface area contributed by atoms with E-state index in [0.29, 0.717) is 6.26 Å². The van der Waals surface area contributed by atoms with Crippen LogP contribution in [0, 0.1) is 20.2 Å². The monoisotopic (exact) mass is 184 g/mol. The minimum Gasteiger partial charge on any atom is -0.258 e. The molecule has 0 fully saturated rings. The van der Waals surface area contributed by atoms with E-state index in [4.69, 9.17) is 0 Å². The number of hydrogen-bond acceptors (Lipinski definition) is 6. The highest BCUT2D eigenvalue weighted by molar-refractivity contribution is 7.90. The Morgan fingerprint density at radius 2 is 1.45 bits per heavy atom. The Morgan fingerprint density at radius 1 is 1.18 bits per heavy atom. The van der Waals surface area contributed by atoms with Crippen molar-refractivity contribution in [1.82, 2.24) is 0 Å². The molecule has 0 aliphatic carbocycles. The Balaban J connectivity index is 4.94. The van der Waals surface area contributed by atoms with Crippen LogP contribution in [0.3, 0.4) is 0 Å². The third-order valence-electron chi connectivity index (χ3n) is 0.744. The molecule has 0 radical (unpaired) electrons. The average Bonchev–Trinajstić information content (AvgIpc) is 1.54. The molecule has 0 N–H and O–H groups in total. The van der Waals surface area contributed by atoms with Gasteiger partial charge >= 0.3 is 5.50 Å². The smallest absolute Gasteiger partial charge is 0.258 e. The standard InChI is InChI=1S/C2H4N2O6S/c1-11(9,10)2(3(5)6)4(7)8/h2H,1H3. The molecule has 0 spiro atoms. The third-order valence-corrected chi connectivity index (χ3v) is 1.85. The Labute approximate surface area is 61.0 Å². The Kier molecular flexibility index (Phi) is 2.46. The first-order valence-electron chi connectivity index (χ1n) is 2.22. The van der Waals surface area contributed by atoms with Crippen molar-refractivity contribution in [2.75, 3.05) is 6.26 Å². The van der Waals surface area contributed by atoms with Crippen LogP contribution >= 0.6 is 0 Å². The highest BCUT2D eigenvalue weighted by atomic mass is 32.2. The zero-order valence-electron chi connectivity index (χ0n) is 5.33. The number of rotatable bonds is 3. The van der Waals surface area contributed by atoms with Crippen LogP contribution in [-0.2, 0) is 9.84 Å². The van der Waals surface area contributed by atoms with Gasteiger partial charge < -0.3 is 0 Å². The molecule has 0 unspecified atom stereocenters. The molecule has 11 heavy (non-hydrogen) atoms. The van der Waals surface area contributed by atoms with Crippen molar-refractivity contribution in [3.63, 3.8) is 0 Å². The van der Waals surface area contributed by atoms with Crippen LogP contribution in [-0.4, -0.2) is 30.0 Å². The van der Waals surface area contributed by atoms with Crippen LogP contribution in [0.4, 0.5) is 0 Å². The molecule has 0 rings (SSSR count). The first kappa shape index (κ1) is 9.75. The van der Waals surface area contributed by atoms with Crippen LogP contribution in [0.5, 0.6) is 0 Å². The minimum atomic E-state index is -4.26. The lowest BCUT2D eigenvalue weighted by Gasteiger charge is -1.96. The summed E-state index contributed by atoms with van der Waals surface area (Å²) < 4.78 is 20.7. The van der Waals surface area contributed by atoms with Crippen molar-refractivity contribution in [2.45, 2.75) is 5.50 Å². The summed E-state index contributed by atoms with van der Waals surface area (Å²) >= 11 is 0. The van der Waals surface area contributed by atoms with E-state index in [1.54, 1.807) is 0 Å². The van der Waals surface area contributed by atoms with Gasteiger partial charge in [0.1, 0.15) is 9.85 Å². The predicted octanol–water partition coefficient (Wildman–Crippen LogP) is -1.13. The van der Waals surface area contributed by atoms with Gasteiger partial charge in [-0.2, -0.15) is 0 Å². The molecule has 64 valence electrons. The molecular weight excluding hydrogens is 180 g/mol. The number of nitrogens with zero attached hydrogens (tertiary/aromatic N) is 2. The summed E-state index contributed by atoms with van der Waals surface area (Å²) in [6.07, 6.45) is 0.434. The van der Waals surface area contributed by atoms with Gasteiger partial charge in [0.2, 0.25) is 0 Å². The summed E-state index contributed by atoms with van der Waals surface area (Å²) in [4.78, 5) is 16.6. The fraction of sp³-hybridized carbons (Fsp3) is 1.00. The van der Waals surface area contributed by atoms with Crippen molar-refractivity contribution in [3.8, 4) is 0 Å². The predicted molar refractivity (Wildman–Crippen MR) is 32.6 cm³/mol. The SMILES string of the molecule is CS(=O)(=O)C([N+](=O)[O-])[N+](=O)[O-]. The molecule has 0 saturated carbocycles. The maximum atomic E-state index is 10.3. The molecular formula is C2H4N2O6S. The number of nitro groups is 2. The van der Waals surface area contributed by atoms with Crippen molar-refractivity contribution < 1.29 is 18.3 Å². The van der Waals surface area contributed by atoms with Crippen molar-refractivity contribution >= 4 is 9.84 Å². The highest BCUT2D eigenvalue weighted by Crippen LogP contribution is 1.99. The molecule has 8 nitrogen and oxygen atoms in total. The Bertz CT molecular complexity index is 265. The zero-order valence-corrected chi connectivity index (χ0v) is 6.15. The lowest BCUT2D eigenvalue weighted by molar-refractivity contribution is -0.712. The second-order valence-electron chi connectivity index (χ2n) is 1.73. The highest BCUT2D eigenvalue weighted by Gasteiger charge is 2.43. The van der Waals surface area contributed by atoms with Crippen LogP contribution in [0.1, 0.15) is 0 Å².